The number of hydrogen-bond acceptors (Lipinski definition) is 4. The van der Waals surface area contributed by atoms with Crippen molar-refractivity contribution < 1.29 is 4.74 Å². The molecule has 0 atom stereocenters. The SMILES string of the molecule is CCc1cc(=O)n(Cc2ccccc2)c(N2CCOCC2)n1. The van der Waals surface area contributed by atoms with Gasteiger partial charge in [0.2, 0.25) is 5.95 Å². The van der Waals surface area contributed by atoms with Crippen LogP contribution in [-0.2, 0) is 17.7 Å². The van der Waals surface area contributed by atoms with E-state index in [0.29, 0.717) is 19.8 Å². The minimum absolute atomic E-state index is 0.0113. The van der Waals surface area contributed by atoms with Crippen molar-refractivity contribution in [3.8, 4) is 0 Å². The summed E-state index contributed by atoms with van der Waals surface area (Å²) in [6.07, 6.45) is 0.763. The molecule has 22 heavy (non-hydrogen) atoms. The molecule has 1 aromatic carbocycles. The van der Waals surface area contributed by atoms with E-state index in [-0.39, 0.29) is 5.56 Å². The van der Waals surface area contributed by atoms with Crippen LogP contribution in [-0.4, -0.2) is 35.9 Å². The predicted molar refractivity (Wildman–Crippen MR) is 86.5 cm³/mol. The molecule has 0 unspecified atom stereocenters. The van der Waals surface area contributed by atoms with Gasteiger partial charge in [-0.1, -0.05) is 37.3 Å². The molecule has 2 aromatic rings. The molecule has 5 heteroatoms. The average molecular weight is 299 g/mol. The van der Waals surface area contributed by atoms with Crippen molar-refractivity contribution in [3.63, 3.8) is 0 Å². The van der Waals surface area contributed by atoms with Crippen LogP contribution < -0.4 is 10.5 Å². The Balaban J connectivity index is 2.01. The predicted octanol–water partition coefficient (Wildman–Crippen LogP) is 1.69. The lowest BCUT2D eigenvalue weighted by molar-refractivity contribution is 0.121. The summed E-state index contributed by atoms with van der Waals surface area (Å²) in [5, 5.41) is 0. The highest BCUT2D eigenvalue weighted by Gasteiger charge is 2.18. The molecule has 116 valence electrons. The first kappa shape index (κ1) is 14.8. The summed E-state index contributed by atoms with van der Waals surface area (Å²) in [5.41, 5.74) is 1.96. The molecule has 0 amide bonds. The normalized spacial score (nSPS) is 15.0. The van der Waals surface area contributed by atoms with Crippen molar-refractivity contribution >= 4 is 5.95 Å². The number of nitrogens with zero attached hydrogens (tertiary/aromatic N) is 3. The number of anilines is 1. The number of aromatic nitrogens is 2. The molecule has 1 saturated heterocycles. The molecule has 0 radical (unpaired) electrons. The molecule has 0 saturated carbocycles. The number of ether oxygens (including phenoxy) is 1. The summed E-state index contributed by atoms with van der Waals surface area (Å²) in [6, 6.07) is 11.7. The van der Waals surface area contributed by atoms with Crippen LogP contribution in [0.25, 0.3) is 0 Å². The number of aryl methyl sites for hydroxylation is 1. The van der Waals surface area contributed by atoms with E-state index in [1.807, 2.05) is 37.3 Å². The average Bonchev–Trinajstić information content (AvgIpc) is 2.58. The first-order valence-corrected chi connectivity index (χ1v) is 7.75. The third-order valence-corrected chi connectivity index (χ3v) is 3.88. The fourth-order valence-corrected chi connectivity index (χ4v) is 2.64. The summed E-state index contributed by atoms with van der Waals surface area (Å²) in [7, 11) is 0. The summed E-state index contributed by atoms with van der Waals surface area (Å²) in [5.74, 6) is 0.761. The molecular formula is C17H21N3O2. The van der Waals surface area contributed by atoms with Gasteiger partial charge in [-0.15, -0.1) is 0 Å². The van der Waals surface area contributed by atoms with E-state index in [4.69, 9.17) is 9.72 Å². The number of hydrogen-bond donors (Lipinski definition) is 0. The third kappa shape index (κ3) is 3.20. The van der Waals surface area contributed by atoms with Gasteiger partial charge in [0.25, 0.3) is 5.56 Å². The van der Waals surface area contributed by atoms with Crippen LogP contribution in [0.2, 0.25) is 0 Å². The van der Waals surface area contributed by atoms with E-state index in [1.165, 1.54) is 0 Å². The second-order valence-electron chi connectivity index (χ2n) is 5.41. The van der Waals surface area contributed by atoms with Crippen molar-refractivity contribution in [1.82, 2.24) is 9.55 Å². The smallest absolute Gasteiger partial charge is 0.255 e. The van der Waals surface area contributed by atoms with Gasteiger partial charge < -0.3 is 9.64 Å². The lowest BCUT2D eigenvalue weighted by atomic mass is 10.2. The zero-order chi connectivity index (χ0) is 15.4. The van der Waals surface area contributed by atoms with Crippen LogP contribution in [0.15, 0.2) is 41.2 Å². The number of rotatable bonds is 4. The monoisotopic (exact) mass is 299 g/mol. The van der Waals surface area contributed by atoms with Crippen molar-refractivity contribution in [2.24, 2.45) is 0 Å². The lowest BCUT2D eigenvalue weighted by Crippen LogP contribution is -2.41. The second-order valence-corrected chi connectivity index (χ2v) is 5.41. The molecule has 1 fully saturated rings. The Morgan fingerprint density at radius 1 is 1.18 bits per heavy atom. The standard InChI is InChI=1S/C17H21N3O2/c1-2-15-12-16(21)20(13-14-6-4-3-5-7-14)17(18-15)19-8-10-22-11-9-19/h3-7,12H,2,8-11,13H2,1H3. The quantitative estimate of drug-likeness (QED) is 0.862. The highest BCUT2D eigenvalue weighted by Crippen LogP contribution is 2.14. The maximum Gasteiger partial charge on any atom is 0.255 e. The zero-order valence-electron chi connectivity index (χ0n) is 12.9. The lowest BCUT2D eigenvalue weighted by Gasteiger charge is -2.30. The Labute approximate surface area is 130 Å². The Kier molecular flexibility index (Phi) is 4.53. The summed E-state index contributed by atoms with van der Waals surface area (Å²) >= 11 is 0. The van der Waals surface area contributed by atoms with Crippen molar-refractivity contribution in [2.45, 2.75) is 19.9 Å². The topological polar surface area (TPSA) is 47.4 Å². The Bertz CT molecular complexity index is 676. The summed E-state index contributed by atoms with van der Waals surface area (Å²) in [4.78, 5) is 19.4. The van der Waals surface area contributed by atoms with Gasteiger partial charge in [-0.25, -0.2) is 4.98 Å². The minimum Gasteiger partial charge on any atom is -0.378 e. The first-order chi connectivity index (χ1) is 10.8. The largest absolute Gasteiger partial charge is 0.378 e. The molecule has 0 bridgehead atoms. The van der Waals surface area contributed by atoms with Crippen LogP contribution >= 0.6 is 0 Å². The molecule has 5 nitrogen and oxygen atoms in total. The van der Waals surface area contributed by atoms with Gasteiger partial charge in [-0.2, -0.15) is 0 Å². The van der Waals surface area contributed by atoms with Crippen LogP contribution in [0.3, 0.4) is 0 Å². The molecule has 1 aliphatic rings. The molecule has 0 aliphatic carbocycles. The molecular weight excluding hydrogens is 278 g/mol. The van der Waals surface area contributed by atoms with Crippen molar-refractivity contribution in [1.29, 1.82) is 0 Å². The maximum atomic E-state index is 12.5. The van der Waals surface area contributed by atoms with E-state index in [2.05, 4.69) is 4.90 Å². The molecule has 0 N–H and O–H groups in total. The summed E-state index contributed by atoms with van der Waals surface area (Å²) in [6.45, 7) is 5.47. The zero-order valence-corrected chi connectivity index (χ0v) is 12.9. The van der Waals surface area contributed by atoms with Gasteiger partial charge in [-0.05, 0) is 12.0 Å². The first-order valence-electron chi connectivity index (χ1n) is 7.75. The van der Waals surface area contributed by atoms with E-state index >= 15 is 0 Å². The van der Waals surface area contributed by atoms with Crippen molar-refractivity contribution in [2.75, 3.05) is 31.2 Å². The van der Waals surface area contributed by atoms with Gasteiger partial charge in [0.05, 0.1) is 19.8 Å². The van der Waals surface area contributed by atoms with Crippen LogP contribution in [0.1, 0.15) is 18.2 Å². The van der Waals surface area contributed by atoms with Gasteiger partial charge in [0.1, 0.15) is 0 Å². The minimum atomic E-state index is 0.0113. The number of benzene rings is 1. The molecule has 2 heterocycles. The Morgan fingerprint density at radius 3 is 2.59 bits per heavy atom. The fraction of sp³-hybridized carbons (Fsp3) is 0.412. The molecule has 1 aromatic heterocycles. The van der Waals surface area contributed by atoms with E-state index < -0.39 is 0 Å². The van der Waals surface area contributed by atoms with Crippen LogP contribution in [0.5, 0.6) is 0 Å². The fourth-order valence-electron chi connectivity index (χ4n) is 2.64. The molecule has 0 spiro atoms. The molecule has 3 rings (SSSR count). The Hall–Kier alpha value is -2.14. The highest BCUT2D eigenvalue weighted by molar-refractivity contribution is 5.34. The van der Waals surface area contributed by atoms with Crippen LogP contribution in [0.4, 0.5) is 5.95 Å². The van der Waals surface area contributed by atoms with E-state index in [1.54, 1.807) is 10.6 Å². The number of morpholine rings is 1. The van der Waals surface area contributed by atoms with E-state index in [9.17, 15) is 4.79 Å². The van der Waals surface area contributed by atoms with Crippen LogP contribution in [0, 0.1) is 0 Å². The van der Waals surface area contributed by atoms with Gasteiger partial charge in [-0.3, -0.25) is 9.36 Å². The van der Waals surface area contributed by atoms with Crippen molar-refractivity contribution in [3.05, 3.63) is 58.0 Å². The summed E-state index contributed by atoms with van der Waals surface area (Å²) < 4.78 is 7.17. The van der Waals surface area contributed by atoms with Gasteiger partial charge >= 0.3 is 0 Å². The molecule has 1 aliphatic heterocycles. The van der Waals surface area contributed by atoms with E-state index in [0.717, 1.165) is 36.7 Å². The third-order valence-electron chi connectivity index (χ3n) is 3.88. The maximum absolute atomic E-state index is 12.5. The Morgan fingerprint density at radius 2 is 1.91 bits per heavy atom. The second kappa shape index (κ2) is 6.75. The van der Waals surface area contributed by atoms with Gasteiger partial charge in [0.15, 0.2) is 0 Å². The van der Waals surface area contributed by atoms with Gasteiger partial charge in [0, 0.05) is 24.8 Å². The highest BCUT2D eigenvalue weighted by atomic mass is 16.5.